The number of hydrogen-bond acceptors (Lipinski definition) is 3. The van der Waals surface area contributed by atoms with Gasteiger partial charge in [-0.25, -0.2) is 4.57 Å². The van der Waals surface area contributed by atoms with Gasteiger partial charge in [-0.2, -0.15) is 0 Å². The van der Waals surface area contributed by atoms with Crippen LogP contribution in [0.3, 0.4) is 0 Å². The van der Waals surface area contributed by atoms with Crippen LogP contribution in [0.2, 0.25) is 0 Å². The van der Waals surface area contributed by atoms with Crippen molar-refractivity contribution in [3.63, 3.8) is 0 Å². The van der Waals surface area contributed by atoms with Gasteiger partial charge in [0.15, 0.2) is 23.9 Å². The molecule has 2 aromatic carbocycles. The van der Waals surface area contributed by atoms with Crippen LogP contribution in [0.4, 0.5) is 5.69 Å². The smallest absolute Gasteiger partial charge is 0.264 e. The van der Waals surface area contributed by atoms with Crippen molar-refractivity contribution in [3.05, 3.63) is 84.2 Å². The molecule has 0 saturated heterocycles. The zero-order valence-corrected chi connectivity index (χ0v) is 24.9. The van der Waals surface area contributed by atoms with Crippen molar-refractivity contribution in [2.75, 3.05) is 18.6 Å². The van der Waals surface area contributed by atoms with Gasteiger partial charge in [0.1, 0.15) is 12.6 Å². The van der Waals surface area contributed by atoms with Gasteiger partial charge in [-0.05, 0) is 42.3 Å². The predicted octanol–water partition coefficient (Wildman–Crippen LogP) is 8.45. The Kier molecular flexibility index (Phi) is 14.1. The molecule has 40 heavy (non-hydrogen) atoms. The molecule has 5 heteroatoms. The first-order valence-electron chi connectivity index (χ1n) is 15.2. The second-order valence-electron chi connectivity index (χ2n) is 10.7. The monoisotopic (exact) mass is 545 g/mol. The third-order valence-corrected chi connectivity index (χ3v) is 7.32. The molecule has 3 rings (SSSR count). The molecule has 0 N–H and O–H groups in total. The zero-order chi connectivity index (χ0) is 28.4. The Bertz CT molecular complexity index is 1130. The number of amides is 1. The Morgan fingerprint density at radius 1 is 0.775 bits per heavy atom. The maximum atomic E-state index is 13.5. The van der Waals surface area contributed by atoms with Gasteiger partial charge in [-0.15, -0.1) is 0 Å². The number of anilines is 1. The predicted molar refractivity (Wildman–Crippen MR) is 164 cm³/mol. The summed E-state index contributed by atoms with van der Waals surface area (Å²) in [6.45, 7) is 3.39. The van der Waals surface area contributed by atoms with Crippen LogP contribution < -0.4 is 18.9 Å². The van der Waals surface area contributed by atoms with E-state index in [4.69, 9.17) is 9.47 Å². The summed E-state index contributed by atoms with van der Waals surface area (Å²) in [6.07, 6.45) is 19.7. The second-order valence-corrected chi connectivity index (χ2v) is 10.7. The maximum Gasteiger partial charge on any atom is 0.264 e. The highest BCUT2D eigenvalue weighted by atomic mass is 16.5. The van der Waals surface area contributed by atoms with Crippen molar-refractivity contribution < 1.29 is 18.8 Å². The molecule has 0 aliphatic rings. The third-order valence-electron chi connectivity index (χ3n) is 7.32. The lowest BCUT2D eigenvalue weighted by Gasteiger charge is -2.23. The fourth-order valence-electron chi connectivity index (χ4n) is 5.00. The number of para-hydroxylation sites is 1. The number of benzene rings is 2. The summed E-state index contributed by atoms with van der Waals surface area (Å²) < 4.78 is 13.6. The first kappa shape index (κ1) is 31.2. The van der Waals surface area contributed by atoms with Gasteiger partial charge in [0.05, 0.1) is 20.3 Å². The number of ether oxygens (including phenoxy) is 2. The Morgan fingerprint density at radius 2 is 1.43 bits per heavy atom. The van der Waals surface area contributed by atoms with E-state index in [1.165, 1.54) is 70.6 Å². The summed E-state index contributed by atoms with van der Waals surface area (Å²) >= 11 is 0. The highest BCUT2D eigenvalue weighted by molar-refractivity contribution is 6.05. The molecule has 0 unspecified atom stereocenters. The molecule has 0 atom stereocenters. The highest BCUT2D eigenvalue weighted by Crippen LogP contribution is 2.30. The Morgan fingerprint density at radius 3 is 2.05 bits per heavy atom. The maximum absolute atomic E-state index is 13.5. The SMILES string of the molecule is CCCCCCCCCCCCCCOc1ccc(CN(C(=O)c2ccc[n+](C)c2)c2ccccc2)cc1OC. The number of carbonyl (C=O) groups is 1. The number of rotatable bonds is 19. The number of pyridine rings is 1. The van der Waals surface area contributed by atoms with E-state index in [1.807, 2.05) is 84.7 Å². The normalized spacial score (nSPS) is 10.9. The minimum atomic E-state index is -0.0475. The van der Waals surface area contributed by atoms with E-state index in [2.05, 4.69) is 6.92 Å². The van der Waals surface area contributed by atoms with Crippen LogP contribution in [0.25, 0.3) is 0 Å². The van der Waals surface area contributed by atoms with Crippen molar-refractivity contribution in [1.29, 1.82) is 0 Å². The highest BCUT2D eigenvalue weighted by Gasteiger charge is 2.21. The lowest BCUT2D eigenvalue weighted by molar-refractivity contribution is -0.671. The van der Waals surface area contributed by atoms with E-state index >= 15 is 0 Å². The zero-order valence-electron chi connectivity index (χ0n) is 24.9. The molecule has 216 valence electrons. The summed E-state index contributed by atoms with van der Waals surface area (Å²) in [4.78, 5) is 15.3. The van der Waals surface area contributed by atoms with E-state index < -0.39 is 0 Å². The number of aromatic nitrogens is 1. The van der Waals surface area contributed by atoms with Crippen LogP contribution in [0.5, 0.6) is 11.5 Å². The van der Waals surface area contributed by atoms with E-state index in [0.29, 0.717) is 24.5 Å². The van der Waals surface area contributed by atoms with E-state index in [-0.39, 0.29) is 5.91 Å². The number of nitrogens with zero attached hydrogens (tertiary/aromatic N) is 2. The molecule has 1 aromatic heterocycles. The minimum Gasteiger partial charge on any atom is -0.493 e. The summed E-state index contributed by atoms with van der Waals surface area (Å²) in [5.41, 5.74) is 2.47. The third kappa shape index (κ3) is 10.7. The molecule has 5 nitrogen and oxygen atoms in total. The van der Waals surface area contributed by atoms with Crippen LogP contribution in [-0.2, 0) is 13.6 Å². The standard InChI is InChI=1S/C35H49N2O3/c1-4-5-6-7-8-9-10-11-12-13-14-18-26-40-33-24-23-30(27-34(33)39-3)28-37(32-21-16-15-17-22-32)35(38)31-20-19-25-36(2)29-31/h15-17,19-25,27,29H,4-14,18,26,28H2,1-3H3/q+1. The molecule has 0 radical (unpaired) electrons. The van der Waals surface area contributed by atoms with Gasteiger partial charge >= 0.3 is 0 Å². The van der Waals surface area contributed by atoms with Crippen LogP contribution in [0.15, 0.2) is 73.1 Å². The summed E-state index contributed by atoms with van der Waals surface area (Å²) in [5, 5.41) is 0. The molecule has 3 aromatic rings. The molecule has 0 saturated carbocycles. The molecule has 0 aliphatic heterocycles. The molecular formula is C35H49N2O3+. The van der Waals surface area contributed by atoms with Crippen molar-refractivity contribution in [1.82, 2.24) is 0 Å². The number of unbranched alkanes of at least 4 members (excludes halogenated alkanes) is 11. The first-order valence-corrected chi connectivity index (χ1v) is 15.2. The Labute approximate surface area is 242 Å². The molecule has 1 heterocycles. The molecule has 0 aliphatic carbocycles. The van der Waals surface area contributed by atoms with E-state index in [0.717, 1.165) is 23.4 Å². The van der Waals surface area contributed by atoms with Gasteiger partial charge in [0, 0.05) is 11.8 Å². The average molecular weight is 546 g/mol. The molecule has 0 bridgehead atoms. The number of methoxy groups -OCH3 is 1. The van der Waals surface area contributed by atoms with Crippen molar-refractivity contribution in [2.45, 2.75) is 90.5 Å². The van der Waals surface area contributed by atoms with Crippen molar-refractivity contribution in [3.8, 4) is 11.5 Å². The van der Waals surface area contributed by atoms with Crippen LogP contribution in [0.1, 0.15) is 99.9 Å². The Balaban J connectivity index is 1.48. The fourth-order valence-corrected chi connectivity index (χ4v) is 5.00. The quantitative estimate of drug-likeness (QED) is 0.112. The number of carbonyl (C=O) groups excluding carboxylic acids is 1. The molecular weight excluding hydrogens is 496 g/mol. The summed E-state index contributed by atoms with van der Waals surface area (Å²) in [6, 6.07) is 19.5. The van der Waals surface area contributed by atoms with E-state index in [1.54, 1.807) is 12.0 Å². The summed E-state index contributed by atoms with van der Waals surface area (Å²) in [7, 11) is 3.59. The number of aryl methyl sites for hydroxylation is 1. The minimum absolute atomic E-state index is 0.0475. The number of hydrogen-bond donors (Lipinski definition) is 0. The molecule has 1 amide bonds. The average Bonchev–Trinajstić information content (AvgIpc) is 2.98. The van der Waals surface area contributed by atoms with Crippen LogP contribution in [0, 0.1) is 0 Å². The second kappa shape index (κ2) is 18.1. The molecule has 0 spiro atoms. The van der Waals surface area contributed by atoms with Gasteiger partial charge in [-0.1, -0.05) is 102 Å². The largest absolute Gasteiger partial charge is 0.493 e. The van der Waals surface area contributed by atoms with Gasteiger partial charge in [0.2, 0.25) is 0 Å². The van der Waals surface area contributed by atoms with Gasteiger partial charge in [0.25, 0.3) is 5.91 Å². The van der Waals surface area contributed by atoms with Gasteiger partial charge < -0.3 is 14.4 Å². The van der Waals surface area contributed by atoms with Crippen LogP contribution in [-0.4, -0.2) is 19.6 Å². The van der Waals surface area contributed by atoms with E-state index in [9.17, 15) is 4.79 Å². The first-order chi connectivity index (χ1) is 19.6. The summed E-state index contributed by atoms with van der Waals surface area (Å²) in [5.74, 6) is 1.40. The topological polar surface area (TPSA) is 42.7 Å². The van der Waals surface area contributed by atoms with Gasteiger partial charge in [-0.3, -0.25) is 4.79 Å². The van der Waals surface area contributed by atoms with Crippen LogP contribution >= 0.6 is 0 Å². The van der Waals surface area contributed by atoms with Crippen molar-refractivity contribution in [2.24, 2.45) is 7.05 Å². The lowest BCUT2D eigenvalue weighted by Crippen LogP contribution is -2.34. The lowest BCUT2D eigenvalue weighted by atomic mass is 10.1. The Hall–Kier alpha value is -3.34. The van der Waals surface area contributed by atoms with Crippen molar-refractivity contribution >= 4 is 11.6 Å². The molecule has 0 fully saturated rings. The fraction of sp³-hybridized carbons (Fsp3) is 0.486.